The molecule has 4 aromatic heterocycles. The highest BCUT2D eigenvalue weighted by Gasteiger charge is 2.31. The molecule has 0 aliphatic heterocycles. The van der Waals surface area contributed by atoms with E-state index in [4.69, 9.17) is 0 Å². The monoisotopic (exact) mass is 376 g/mol. The van der Waals surface area contributed by atoms with Gasteiger partial charge < -0.3 is 19.8 Å². The van der Waals surface area contributed by atoms with Crippen LogP contribution in [0.4, 0.5) is 5.95 Å². The van der Waals surface area contributed by atoms with Crippen LogP contribution in [0.5, 0.6) is 0 Å². The van der Waals surface area contributed by atoms with Crippen LogP contribution in [0.25, 0.3) is 27.8 Å². The molecule has 4 aromatic rings. The van der Waals surface area contributed by atoms with E-state index in [0.717, 1.165) is 59.9 Å². The molecule has 0 aromatic carbocycles. The molecular formula is C21H24N6O. The molecular weight excluding hydrogens is 352 g/mol. The third-order valence-corrected chi connectivity index (χ3v) is 6.04. The Morgan fingerprint density at radius 2 is 2.14 bits per heavy atom. The first-order valence-corrected chi connectivity index (χ1v) is 9.90. The van der Waals surface area contributed by atoms with Crippen LogP contribution >= 0.6 is 0 Å². The molecule has 1 aliphatic carbocycles. The number of fused-ring (bicyclic) bond motifs is 2. The summed E-state index contributed by atoms with van der Waals surface area (Å²) in [7, 11) is 0. The average molecular weight is 376 g/mol. The van der Waals surface area contributed by atoms with E-state index in [2.05, 4.69) is 44.4 Å². The maximum atomic E-state index is 10.4. The molecule has 0 radical (unpaired) electrons. The molecule has 144 valence electrons. The molecule has 1 fully saturated rings. The van der Waals surface area contributed by atoms with Gasteiger partial charge in [0.15, 0.2) is 0 Å². The van der Waals surface area contributed by atoms with Gasteiger partial charge in [0, 0.05) is 53.5 Å². The van der Waals surface area contributed by atoms with E-state index < -0.39 is 5.60 Å². The lowest BCUT2D eigenvalue weighted by molar-refractivity contribution is -0.00197. The summed E-state index contributed by atoms with van der Waals surface area (Å²) in [6, 6.07) is 4.38. The van der Waals surface area contributed by atoms with Crippen LogP contribution < -0.4 is 5.32 Å². The third-order valence-electron chi connectivity index (χ3n) is 6.04. The molecule has 1 aliphatic rings. The number of nitrogens with zero attached hydrogens (tertiary/aromatic N) is 4. The molecule has 0 amide bonds. The van der Waals surface area contributed by atoms with Crippen LogP contribution in [0.3, 0.4) is 0 Å². The van der Waals surface area contributed by atoms with E-state index >= 15 is 0 Å². The van der Waals surface area contributed by atoms with E-state index in [-0.39, 0.29) is 0 Å². The summed E-state index contributed by atoms with van der Waals surface area (Å²) in [6.07, 6.45) is 14.0. The first-order chi connectivity index (χ1) is 13.6. The minimum atomic E-state index is -0.492. The Hall–Kier alpha value is -2.93. The summed E-state index contributed by atoms with van der Waals surface area (Å²) in [5.41, 5.74) is 3.41. The Balaban J connectivity index is 1.38. The zero-order valence-electron chi connectivity index (χ0n) is 15.9. The Bertz CT molecular complexity index is 1120. The fourth-order valence-corrected chi connectivity index (χ4v) is 4.13. The lowest BCUT2D eigenvalue weighted by Crippen LogP contribution is -2.38. The number of pyridine rings is 1. The predicted octanol–water partition coefficient (Wildman–Crippen LogP) is 3.77. The van der Waals surface area contributed by atoms with Gasteiger partial charge in [0.2, 0.25) is 5.95 Å². The van der Waals surface area contributed by atoms with E-state index in [1.54, 1.807) is 6.20 Å². The largest absolute Gasteiger partial charge is 0.390 e. The lowest BCUT2D eigenvalue weighted by Gasteiger charge is -2.35. The second-order valence-electron chi connectivity index (χ2n) is 7.77. The van der Waals surface area contributed by atoms with E-state index in [0.29, 0.717) is 12.0 Å². The summed E-state index contributed by atoms with van der Waals surface area (Å²) < 4.78 is 2.01. The Morgan fingerprint density at radius 3 is 2.96 bits per heavy atom. The van der Waals surface area contributed by atoms with Crippen LogP contribution in [0.2, 0.25) is 0 Å². The zero-order valence-corrected chi connectivity index (χ0v) is 15.9. The van der Waals surface area contributed by atoms with Crippen molar-refractivity contribution >= 4 is 22.6 Å². The summed E-state index contributed by atoms with van der Waals surface area (Å²) in [4.78, 5) is 16.8. The molecule has 0 spiro atoms. The van der Waals surface area contributed by atoms with Crippen LogP contribution in [0, 0.1) is 0 Å². The molecule has 3 N–H and O–H groups in total. The van der Waals surface area contributed by atoms with Crippen LogP contribution in [0.15, 0.2) is 43.1 Å². The number of H-pyrrole nitrogens is 1. The Morgan fingerprint density at radius 1 is 1.29 bits per heavy atom. The summed E-state index contributed by atoms with van der Waals surface area (Å²) in [5.74, 6) is 0.637. The van der Waals surface area contributed by atoms with Crippen molar-refractivity contribution in [3.63, 3.8) is 0 Å². The van der Waals surface area contributed by atoms with E-state index in [1.165, 1.54) is 0 Å². The highest BCUT2D eigenvalue weighted by molar-refractivity contribution is 5.93. The second kappa shape index (κ2) is 6.60. The maximum absolute atomic E-state index is 10.4. The van der Waals surface area contributed by atoms with Crippen molar-refractivity contribution in [2.75, 3.05) is 5.32 Å². The van der Waals surface area contributed by atoms with Crippen molar-refractivity contribution < 1.29 is 5.11 Å². The van der Waals surface area contributed by atoms with Crippen molar-refractivity contribution in [3.05, 3.63) is 43.1 Å². The van der Waals surface area contributed by atoms with E-state index in [9.17, 15) is 5.11 Å². The van der Waals surface area contributed by atoms with Crippen molar-refractivity contribution in [2.24, 2.45) is 0 Å². The SMILES string of the molecule is CCC1(O)CCC(Nc2ncc3c(-c4ccc5nccn5c4)c[nH]c3n2)CC1. The first-order valence-electron chi connectivity index (χ1n) is 9.90. The van der Waals surface area contributed by atoms with Crippen molar-refractivity contribution in [2.45, 2.75) is 50.7 Å². The molecule has 1 saturated carbocycles. The highest BCUT2D eigenvalue weighted by Crippen LogP contribution is 2.32. The molecule has 7 heteroatoms. The number of aliphatic hydroxyl groups is 1. The summed E-state index contributed by atoms with van der Waals surface area (Å²) >= 11 is 0. The maximum Gasteiger partial charge on any atom is 0.224 e. The van der Waals surface area contributed by atoms with Crippen molar-refractivity contribution in [3.8, 4) is 11.1 Å². The molecule has 28 heavy (non-hydrogen) atoms. The number of aromatic nitrogens is 5. The number of rotatable bonds is 4. The number of imidazole rings is 1. The minimum Gasteiger partial charge on any atom is -0.390 e. The Labute approximate surface area is 162 Å². The first kappa shape index (κ1) is 17.2. The molecule has 0 bridgehead atoms. The molecule has 7 nitrogen and oxygen atoms in total. The van der Waals surface area contributed by atoms with Gasteiger partial charge in [-0.3, -0.25) is 0 Å². The standard InChI is InChI=1S/C21H24N6O/c1-2-21(28)7-5-15(6-8-21)25-20-24-12-17-16(11-23-19(17)26-20)14-3-4-18-22-9-10-27(18)13-14/h3-4,9-13,15,28H,2,5-8H2,1H3,(H2,23,24,25,26). The molecule has 4 heterocycles. The zero-order chi connectivity index (χ0) is 19.1. The lowest BCUT2D eigenvalue weighted by atomic mass is 9.80. The average Bonchev–Trinajstić information content (AvgIpc) is 3.35. The van der Waals surface area contributed by atoms with Gasteiger partial charge in [0.05, 0.1) is 5.60 Å². The number of hydrogen-bond donors (Lipinski definition) is 3. The number of hydrogen-bond acceptors (Lipinski definition) is 5. The fourth-order valence-electron chi connectivity index (χ4n) is 4.13. The van der Waals surface area contributed by atoms with Crippen LogP contribution in [-0.2, 0) is 0 Å². The van der Waals surface area contributed by atoms with Crippen molar-refractivity contribution in [1.29, 1.82) is 0 Å². The van der Waals surface area contributed by atoms with Gasteiger partial charge in [-0.2, -0.15) is 4.98 Å². The summed E-state index contributed by atoms with van der Waals surface area (Å²) in [5, 5.41) is 14.8. The second-order valence-corrected chi connectivity index (χ2v) is 7.77. The molecule has 0 saturated heterocycles. The topological polar surface area (TPSA) is 91.1 Å². The molecule has 0 atom stereocenters. The number of nitrogens with one attached hydrogen (secondary N) is 2. The van der Waals surface area contributed by atoms with Gasteiger partial charge in [-0.15, -0.1) is 0 Å². The van der Waals surface area contributed by atoms with Crippen LogP contribution in [0.1, 0.15) is 39.0 Å². The quantitative estimate of drug-likeness (QED) is 0.504. The number of anilines is 1. The van der Waals surface area contributed by atoms with Gasteiger partial charge in [-0.1, -0.05) is 6.92 Å². The minimum absolute atomic E-state index is 0.308. The smallest absolute Gasteiger partial charge is 0.224 e. The normalized spacial score (nSPS) is 22.7. The Kier molecular flexibility index (Phi) is 4.05. The molecule has 0 unspecified atom stereocenters. The van der Waals surface area contributed by atoms with Crippen LogP contribution in [-0.4, -0.2) is 41.1 Å². The van der Waals surface area contributed by atoms with Gasteiger partial charge >= 0.3 is 0 Å². The van der Waals surface area contributed by atoms with Gasteiger partial charge in [-0.25, -0.2) is 9.97 Å². The molecule has 5 rings (SSSR count). The summed E-state index contributed by atoms with van der Waals surface area (Å²) in [6.45, 7) is 2.05. The van der Waals surface area contributed by atoms with Crippen molar-refractivity contribution in [1.82, 2.24) is 24.3 Å². The fraction of sp³-hybridized carbons (Fsp3) is 0.381. The van der Waals surface area contributed by atoms with Gasteiger partial charge in [0.1, 0.15) is 11.3 Å². The van der Waals surface area contributed by atoms with Gasteiger partial charge in [-0.05, 0) is 44.2 Å². The van der Waals surface area contributed by atoms with E-state index in [1.807, 2.05) is 29.1 Å². The highest BCUT2D eigenvalue weighted by atomic mass is 16.3. The predicted molar refractivity (Wildman–Crippen MR) is 109 cm³/mol. The van der Waals surface area contributed by atoms with Gasteiger partial charge in [0.25, 0.3) is 0 Å². The number of aromatic amines is 1. The third kappa shape index (κ3) is 3.01.